The van der Waals surface area contributed by atoms with Crippen LogP contribution in [0.25, 0.3) is 0 Å². The summed E-state index contributed by atoms with van der Waals surface area (Å²) in [5.74, 6) is -0.575. The van der Waals surface area contributed by atoms with Crippen molar-refractivity contribution < 1.29 is 24.2 Å². The quantitative estimate of drug-likeness (QED) is 0.608. The number of nitrogens with two attached hydrogens (primary N) is 1. The lowest BCUT2D eigenvalue weighted by molar-refractivity contribution is -0.141. The van der Waals surface area contributed by atoms with Crippen LogP contribution in [-0.2, 0) is 4.79 Å². The molecule has 1 atom stereocenters. The van der Waals surface area contributed by atoms with Crippen molar-refractivity contribution in [2.75, 3.05) is 6.61 Å². The monoisotopic (exact) mass is 374 g/mol. The Balaban J connectivity index is 1.31. The van der Waals surface area contributed by atoms with Crippen LogP contribution in [-0.4, -0.2) is 57.6 Å². The van der Waals surface area contributed by atoms with Gasteiger partial charge in [-0.25, -0.2) is 9.78 Å². The maximum absolute atomic E-state index is 12.3. The van der Waals surface area contributed by atoms with Gasteiger partial charge in [-0.05, 0) is 49.7 Å². The first-order valence-corrected chi connectivity index (χ1v) is 9.08. The van der Waals surface area contributed by atoms with Crippen LogP contribution in [0.2, 0.25) is 0 Å². The molecule has 0 bridgehead atoms. The molecule has 4 amide bonds. The Morgan fingerprint density at radius 1 is 1.37 bits per heavy atom. The molecular weight excluding hydrogens is 352 g/mol. The highest BCUT2D eigenvalue weighted by atomic mass is 16.5. The van der Waals surface area contributed by atoms with Crippen LogP contribution in [0.1, 0.15) is 42.5 Å². The molecule has 1 aliphatic heterocycles. The van der Waals surface area contributed by atoms with E-state index in [0.717, 1.165) is 25.7 Å². The molecule has 4 N–H and O–H groups in total. The van der Waals surface area contributed by atoms with Gasteiger partial charge in [-0.2, -0.15) is 0 Å². The number of amides is 4. The van der Waals surface area contributed by atoms with E-state index in [1.807, 2.05) is 0 Å². The molecule has 3 aliphatic rings. The first kappa shape index (κ1) is 17.7. The molecule has 1 spiro atoms. The summed E-state index contributed by atoms with van der Waals surface area (Å²) < 4.78 is 5.83. The molecule has 0 aromatic carbocycles. The summed E-state index contributed by atoms with van der Waals surface area (Å²) in [6.45, 7) is -0.140. The van der Waals surface area contributed by atoms with Crippen molar-refractivity contribution in [3.63, 3.8) is 0 Å². The van der Waals surface area contributed by atoms with Gasteiger partial charge < -0.3 is 20.9 Å². The molecule has 9 nitrogen and oxygen atoms in total. The van der Waals surface area contributed by atoms with Crippen molar-refractivity contribution in [3.05, 3.63) is 23.9 Å². The smallest absolute Gasteiger partial charge is 0.325 e. The number of rotatable bonds is 6. The van der Waals surface area contributed by atoms with E-state index >= 15 is 0 Å². The molecular formula is C18H22N4O5. The third-order valence-electron chi connectivity index (χ3n) is 5.81. The number of urea groups is 1. The van der Waals surface area contributed by atoms with Crippen molar-refractivity contribution in [2.24, 2.45) is 11.1 Å². The topological polar surface area (TPSA) is 135 Å². The number of nitrogens with zero attached hydrogens (tertiary/aromatic N) is 2. The van der Waals surface area contributed by atoms with Gasteiger partial charge in [0, 0.05) is 18.8 Å². The van der Waals surface area contributed by atoms with Crippen LogP contribution in [0.5, 0.6) is 5.88 Å². The van der Waals surface area contributed by atoms with E-state index < -0.39 is 11.9 Å². The van der Waals surface area contributed by atoms with Gasteiger partial charge in [-0.3, -0.25) is 14.5 Å². The summed E-state index contributed by atoms with van der Waals surface area (Å²) in [6, 6.07) is 2.13. The van der Waals surface area contributed by atoms with E-state index in [1.165, 1.54) is 4.90 Å². The Bertz CT molecular complexity index is 784. The lowest BCUT2D eigenvalue weighted by atomic mass is 9.52. The molecule has 1 aromatic rings. The van der Waals surface area contributed by atoms with Gasteiger partial charge in [-0.1, -0.05) is 0 Å². The summed E-state index contributed by atoms with van der Waals surface area (Å²) in [5, 5.41) is 11.6. The molecule has 9 heteroatoms. The van der Waals surface area contributed by atoms with Crippen LogP contribution in [0.4, 0.5) is 4.79 Å². The lowest BCUT2D eigenvalue weighted by Crippen LogP contribution is -2.60. The third-order valence-corrected chi connectivity index (χ3v) is 5.81. The Kier molecular flexibility index (Phi) is 4.26. The molecule has 27 heavy (non-hydrogen) atoms. The van der Waals surface area contributed by atoms with Crippen LogP contribution in [0.3, 0.4) is 0 Å². The fraction of sp³-hybridized carbons (Fsp3) is 0.556. The molecule has 144 valence electrons. The normalized spacial score (nSPS) is 32.0. The number of carbonyl (C=O) groups excluding carboxylic acids is 3. The highest BCUT2D eigenvalue weighted by molar-refractivity contribution is 6.04. The molecule has 2 aliphatic carbocycles. The molecule has 4 rings (SSSR count). The number of ether oxygens (including phenoxy) is 1. The molecule has 1 saturated heterocycles. The van der Waals surface area contributed by atoms with E-state index in [9.17, 15) is 14.4 Å². The summed E-state index contributed by atoms with van der Waals surface area (Å²) >= 11 is 0. The van der Waals surface area contributed by atoms with Gasteiger partial charge in [0.2, 0.25) is 5.88 Å². The van der Waals surface area contributed by atoms with Gasteiger partial charge >= 0.3 is 6.03 Å². The fourth-order valence-corrected chi connectivity index (χ4v) is 4.49. The third kappa shape index (κ3) is 3.01. The van der Waals surface area contributed by atoms with E-state index in [-0.39, 0.29) is 54.0 Å². The second-order valence-corrected chi connectivity index (χ2v) is 7.65. The molecule has 1 aromatic heterocycles. The minimum Gasteiger partial charge on any atom is -0.474 e. The van der Waals surface area contributed by atoms with Crippen LogP contribution in [0.15, 0.2) is 18.3 Å². The number of aromatic nitrogens is 1. The van der Waals surface area contributed by atoms with Crippen LogP contribution in [0, 0.1) is 5.41 Å². The van der Waals surface area contributed by atoms with Gasteiger partial charge in [-0.15, -0.1) is 0 Å². The maximum atomic E-state index is 12.3. The number of aliphatic hydroxyl groups excluding tert-OH is 1. The highest BCUT2D eigenvalue weighted by Crippen LogP contribution is 2.58. The minimum atomic E-state index is -0.618. The zero-order valence-electron chi connectivity index (χ0n) is 14.8. The SMILES string of the molecule is NC(=O)c1cccnc1OC1CC2(C1)CC(N1C(=O)NC(CCO)C1=O)C2. The Labute approximate surface area is 155 Å². The second-order valence-electron chi connectivity index (χ2n) is 7.65. The first-order chi connectivity index (χ1) is 12.9. The summed E-state index contributed by atoms with van der Waals surface area (Å²) in [7, 11) is 0. The standard InChI is InChI=1S/C18H22N4O5/c19-14(24)12-2-1-4-20-15(12)27-11-8-18(9-11)6-10(7-18)22-16(25)13(3-5-23)21-17(22)26/h1-2,4,10-11,13,23H,3,5-9H2,(H2,19,24)(H,21,26). The number of aliphatic hydroxyl groups is 1. The van der Waals surface area contributed by atoms with E-state index in [0.29, 0.717) is 0 Å². The maximum Gasteiger partial charge on any atom is 0.325 e. The predicted molar refractivity (Wildman–Crippen MR) is 92.7 cm³/mol. The van der Waals surface area contributed by atoms with Gasteiger partial charge in [0.1, 0.15) is 17.7 Å². The van der Waals surface area contributed by atoms with Gasteiger partial charge in [0.15, 0.2) is 0 Å². The van der Waals surface area contributed by atoms with Crippen molar-refractivity contribution >= 4 is 17.8 Å². The zero-order valence-corrected chi connectivity index (χ0v) is 14.8. The molecule has 1 unspecified atom stereocenters. The minimum absolute atomic E-state index is 0.0517. The molecule has 2 saturated carbocycles. The Hall–Kier alpha value is -2.68. The summed E-state index contributed by atoms with van der Waals surface area (Å²) in [6.07, 6.45) is 4.83. The number of hydrogen-bond acceptors (Lipinski definition) is 6. The summed E-state index contributed by atoms with van der Waals surface area (Å²) in [5.41, 5.74) is 5.68. The van der Waals surface area contributed by atoms with Crippen molar-refractivity contribution in [3.8, 4) is 5.88 Å². The molecule has 0 radical (unpaired) electrons. The predicted octanol–water partition coefficient (Wildman–Crippen LogP) is 0.173. The zero-order chi connectivity index (χ0) is 19.2. The number of pyridine rings is 1. The van der Waals surface area contributed by atoms with Crippen molar-refractivity contribution in [1.29, 1.82) is 0 Å². The molecule has 2 heterocycles. The Morgan fingerprint density at radius 3 is 2.78 bits per heavy atom. The van der Waals surface area contributed by atoms with Gasteiger partial charge in [0.25, 0.3) is 11.8 Å². The number of imide groups is 1. The van der Waals surface area contributed by atoms with Crippen molar-refractivity contribution in [2.45, 2.75) is 50.3 Å². The average molecular weight is 374 g/mol. The van der Waals surface area contributed by atoms with E-state index in [4.69, 9.17) is 15.6 Å². The van der Waals surface area contributed by atoms with Crippen LogP contribution < -0.4 is 15.8 Å². The Morgan fingerprint density at radius 2 is 2.11 bits per heavy atom. The summed E-state index contributed by atoms with van der Waals surface area (Å²) in [4.78, 5) is 41.2. The number of hydrogen-bond donors (Lipinski definition) is 3. The number of nitrogens with one attached hydrogen (secondary N) is 1. The largest absolute Gasteiger partial charge is 0.474 e. The van der Waals surface area contributed by atoms with Gasteiger partial charge in [0.05, 0.1) is 0 Å². The number of carbonyl (C=O) groups is 3. The van der Waals surface area contributed by atoms with E-state index in [1.54, 1.807) is 18.3 Å². The first-order valence-electron chi connectivity index (χ1n) is 9.08. The van der Waals surface area contributed by atoms with Crippen LogP contribution >= 0.6 is 0 Å². The van der Waals surface area contributed by atoms with Crippen molar-refractivity contribution in [1.82, 2.24) is 15.2 Å². The highest BCUT2D eigenvalue weighted by Gasteiger charge is 2.58. The number of primary amides is 1. The average Bonchev–Trinajstić information content (AvgIpc) is 2.83. The lowest BCUT2D eigenvalue weighted by Gasteiger charge is -2.58. The second kappa shape index (κ2) is 6.49. The van der Waals surface area contributed by atoms with E-state index in [2.05, 4.69) is 10.3 Å². The fourth-order valence-electron chi connectivity index (χ4n) is 4.49. The molecule has 3 fully saturated rings.